The van der Waals surface area contributed by atoms with Crippen molar-refractivity contribution in [3.8, 4) is 11.4 Å². The van der Waals surface area contributed by atoms with Crippen molar-refractivity contribution in [3.63, 3.8) is 0 Å². The van der Waals surface area contributed by atoms with Gasteiger partial charge in [0.25, 0.3) is 5.91 Å². The molecule has 0 aliphatic heterocycles. The molecule has 1 amide bonds. The van der Waals surface area contributed by atoms with E-state index in [9.17, 15) is 4.79 Å². The summed E-state index contributed by atoms with van der Waals surface area (Å²) >= 11 is 0. The molecule has 0 atom stereocenters. The zero-order valence-corrected chi connectivity index (χ0v) is 14.8. The predicted octanol–water partition coefficient (Wildman–Crippen LogP) is 2.56. The molecule has 1 aromatic carbocycles. The van der Waals surface area contributed by atoms with Crippen molar-refractivity contribution in [1.29, 1.82) is 0 Å². The van der Waals surface area contributed by atoms with Gasteiger partial charge in [-0.1, -0.05) is 35.5 Å². The Labute approximate surface area is 152 Å². The number of hydrogen-bond donors (Lipinski definition) is 1. The molecule has 0 saturated carbocycles. The van der Waals surface area contributed by atoms with Crippen molar-refractivity contribution < 1.29 is 9.32 Å². The number of nitrogens with zero attached hydrogens (tertiary/aromatic N) is 4. The van der Waals surface area contributed by atoms with E-state index in [-0.39, 0.29) is 5.91 Å². The molecule has 26 heavy (non-hydrogen) atoms. The lowest BCUT2D eigenvalue weighted by atomic mass is 10.2. The van der Waals surface area contributed by atoms with E-state index < -0.39 is 0 Å². The zero-order chi connectivity index (χ0) is 18.4. The van der Waals surface area contributed by atoms with Crippen molar-refractivity contribution in [2.24, 2.45) is 0 Å². The number of amides is 1. The molecule has 1 N–H and O–H groups in total. The van der Waals surface area contributed by atoms with E-state index in [1.165, 1.54) is 0 Å². The Morgan fingerprint density at radius 1 is 1.15 bits per heavy atom. The second kappa shape index (κ2) is 8.24. The molecule has 0 spiro atoms. The largest absolute Gasteiger partial charge is 0.362 e. The highest BCUT2D eigenvalue weighted by Crippen LogP contribution is 2.16. The number of nitrogens with one attached hydrogen (secondary N) is 1. The summed E-state index contributed by atoms with van der Waals surface area (Å²) in [7, 11) is 3.72. The van der Waals surface area contributed by atoms with E-state index in [0.717, 1.165) is 5.56 Å². The van der Waals surface area contributed by atoms with Crippen LogP contribution in [0.15, 0.2) is 53.2 Å². The third-order valence-electron chi connectivity index (χ3n) is 3.81. The van der Waals surface area contributed by atoms with Gasteiger partial charge in [-0.15, -0.1) is 0 Å². The number of hydrogen-bond acceptors (Lipinski definition) is 6. The lowest BCUT2D eigenvalue weighted by Gasteiger charge is -2.15. The van der Waals surface area contributed by atoms with Gasteiger partial charge in [-0.05, 0) is 18.6 Å². The van der Waals surface area contributed by atoms with Crippen LogP contribution < -0.4 is 10.2 Å². The molecular formula is C19H21N5O2. The van der Waals surface area contributed by atoms with Crippen LogP contribution in [0.1, 0.15) is 22.7 Å². The van der Waals surface area contributed by atoms with Crippen LogP contribution in [0, 0.1) is 0 Å². The maximum atomic E-state index is 12.3. The molecule has 0 unspecified atom stereocenters. The first-order valence-electron chi connectivity index (χ1n) is 8.43. The van der Waals surface area contributed by atoms with Crippen LogP contribution in [0.4, 0.5) is 5.82 Å². The van der Waals surface area contributed by atoms with Gasteiger partial charge >= 0.3 is 0 Å². The Kier molecular flexibility index (Phi) is 5.58. The number of benzene rings is 1. The summed E-state index contributed by atoms with van der Waals surface area (Å²) in [5, 5.41) is 6.90. The summed E-state index contributed by atoms with van der Waals surface area (Å²) < 4.78 is 5.27. The minimum absolute atomic E-state index is 0.141. The van der Waals surface area contributed by atoms with Gasteiger partial charge in [0.15, 0.2) is 0 Å². The summed E-state index contributed by atoms with van der Waals surface area (Å²) in [4.78, 5) is 22.8. The normalized spacial score (nSPS) is 10.5. The second-order valence-corrected chi connectivity index (χ2v) is 6.01. The summed E-state index contributed by atoms with van der Waals surface area (Å²) in [5.41, 5.74) is 1.48. The van der Waals surface area contributed by atoms with E-state index in [1.807, 2.05) is 49.3 Å². The van der Waals surface area contributed by atoms with Crippen molar-refractivity contribution in [3.05, 3.63) is 60.1 Å². The molecule has 0 aliphatic rings. The summed E-state index contributed by atoms with van der Waals surface area (Å²) in [6.45, 7) is 0.518. The molecule has 0 fully saturated rings. The topological polar surface area (TPSA) is 84.2 Å². The fourth-order valence-electron chi connectivity index (χ4n) is 2.53. The monoisotopic (exact) mass is 351 g/mol. The second-order valence-electron chi connectivity index (χ2n) is 6.01. The van der Waals surface area contributed by atoms with Crippen LogP contribution in [0.5, 0.6) is 0 Å². The molecular weight excluding hydrogens is 330 g/mol. The van der Waals surface area contributed by atoms with Gasteiger partial charge in [0.2, 0.25) is 11.7 Å². The number of aryl methyl sites for hydroxylation is 1. The van der Waals surface area contributed by atoms with E-state index >= 15 is 0 Å². The number of pyridine rings is 1. The van der Waals surface area contributed by atoms with E-state index in [4.69, 9.17) is 4.52 Å². The Morgan fingerprint density at radius 2 is 1.96 bits per heavy atom. The zero-order valence-electron chi connectivity index (χ0n) is 14.8. The number of aromatic nitrogens is 3. The molecule has 0 saturated heterocycles. The van der Waals surface area contributed by atoms with Crippen LogP contribution in [-0.2, 0) is 6.42 Å². The highest BCUT2D eigenvalue weighted by molar-refractivity contribution is 5.98. The van der Waals surface area contributed by atoms with Gasteiger partial charge in [0.1, 0.15) is 5.82 Å². The molecule has 134 valence electrons. The molecule has 2 heterocycles. The predicted molar refractivity (Wildman–Crippen MR) is 99.0 cm³/mol. The average Bonchev–Trinajstić information content (AvgIpc) is 3.14. The van der Waals surface area contributed by atoms with Crippen molar-refractivity contribution in [1.82, 2.24) is 20.4 Å². The summed E-state index contributed by atoms with van der Waals surface area (Å²) in [5.74, 6) is 1.65. The van der Waals surface area contributed by atoms with Crippen molar-refractivity contribution in [2.45, 2.75) is 12.8 Å². The molecule has 7 nitrogen and oxygen atoms in total. The molecule has 3 rings (SSSR count). The van der Waals surface area contributed by atoms with Crippen LogP contribution in [0.2, 0.25) is 0 Å². The third-order valence-corrected chi connectivity index (χ3v) is 3.81. The number of carbonyl (C=O) groups excluding carboxylic acids is 1. The Bertz CT molecular complexity index is 861. The molecule has 2 aromatic heterocycles. The molecule has 0 aliphatic carbocycles. The first-order chi connectivity index (χ1) is 12.6. The first-order valence-corrected chi connectivity index (χ1v) is 8.43. The minimum atomic E-state index is -0.141. The number of anilines is 1. The van der Waals surface area contributed by atoms with E-state index in [2.05, 4.69) is 20.4 Å². The Hall–Kier alpha value is -3.22. The first kappa shape index (κ1) is 17.6. The Morgan fingerprint density at radius 3 is 2.73 bits per heavy atom. The smallest absolute Gasteiger partial charge is 0.255 e. The molecule has 0 radical (unpaired) electrons. The van der Waals surface area contributed by atoms with Gasteiger partial charge in [-0.25, -0.2) is 4.98 Å². The minimum Gasteiger partial charge on any atom is -0.362 e. The summed E-state index contributed by atoms with van der Waals surface area (Å²) in [6, 6.07) is 13.2. The quantitative estimate of drug-likeness (QED) is 0.659. The van der Waals surface area contributed by atoms with Crippen LogP contribution in [-0.4, -0.2) is 41.7 Å². The van der Waals surface area contributed by atoms with Crippen LogP contribution >= 0.6 is 0 Å². The number of carbonyl (C=O) groups is 1. The number of rotatable bonds is 7. The highest BCUT2D eigenvalue weighted by Gasteiger charge is 2.13. The summed E-state index contributed by atoms with van der Waals surface area (Å²) in [6.07, 6.45) is 2.99. The van der Waals surface area contributed by atoms with E-state index in [0.29, 0.717) is 42.5 Å². The van der Waals surface area contributed by atoms with E-state index in [1.54, 1.807) is 18.3 Å². The van der Waals surface area contributed by atoms with Gasteiger partial charge in [0, 0.05) is 38.8 Å². The average molecular weight is 351 g/mol. The van der Waals surface area contributed by atoms with Crippen LogP contribution in [0.3, 0.4) is 0 Å². The maximum Gasteiger partial charge on any atom is 0.255 e. The maximum absolute atomic E-state index is 12.3. The van der Waals surface area contributed by atoms with Crippen molar-refractivity contribution in [2.75, 3.05) is 25.5 Å². The Balaban J connectivity index is 1.50. The lowest BCUT2D eigenvalue weighted by Crippen LogP contribution is -2.27. The fraction of sp³-hybridized carbons (Fsp3) is 0.263. The van der Waals surface area contributed by atoms with Gasteiger partial charge in [0.05, 0.1) is 5.56 Å². The van der Waals surface area contributed by atoms with Gasteiger partial charge in [-0.3, -0.25) is 4.79 Å². The lowest BCUT2D eigenvalue weighted by molar-refractivity contribution is 0.0953. The van der Waals surface area contributed by atoms with Crippen molar-refractivity contribution >= 4 is 11.7 Å². The standard InChI is InChI=1S/C19H21N5O2/c1-24(2)18-15(10-6-12-20-18)19(25)21-13-7-11-16-22-17(23-26-16)14-8-4-3-5-9-14/h3-6,8-10,12H,7,11,13H2,1-2H3,(H,21,25). The SMILES string of the molecule is CN(C)c1ncccc1C(=O)NCCCc1nc(-c2ccccc2)no1. The van der Waals surface area contributed by atoms with Gasteiger partial charge < -0.3 is 14.7 Å². The fourth-order valence-corrected chi connectivity index (χ4v) is 2.53. The molecule has 3 aromatic rings. The third kappa shape index (κ3) is 4.24. The molecule has 0 bridgehead atoms. The molecule has 7 heteroatoms. The van der Waals surface area contributed by atoms with Crippen LogP contribution in [0.25, 0.3) is 11.4 Å². The highest BCUT2D eigenvalue weighted by atomic mass is 16.5. The van der Waals surface area contributed by atoms with Gasteiger partial charge in [-0.2, -0.15) is 4.98 Å².